The van der Waals surface area contributed by atoms with Crippen LogP contribution in [-0.4, -0.2) is 22.4 Å². The van der Waals surface area contributed by atoms with Crippen LogP contribution in [0.4, 0.5) is 0 Å². The molecule has 4 nitrogen and oxygen atoms in total. The molecule has 2 heterocycles. The topological polar surface area (TPSA) is 45.8 Å². The Morgan fingerprint density at radius 3 is 2.68 bits per heavy atom. The van der Waals surface area contributed by atoms with Crippen LogP contribution in [0.2, 0.25) is 5.02 Å². The summed E-state index contributed by atoms with van der Waals surface area (Å²) in [6, 6.07) is 19.2. The lowest BCUT2D eigenvalue weighted by Gasteiger charge is -2.19. The highest BCUT2D eigenvalue weighted by Gasteiger charge is 2.34. The van der Waals surface area contributed by atoms with Crippen LogP contribution in [0.25, 0.3) is 0 Å². The molecule has 0 fully saturated rings. The van der Waals surface area contributed by atoms with E-state index in [1.54, 1.807) is 11.3 Å². The Hall–Kier alpha value is -2.50. The van der Waals surface area contributed by atoms with E-state index in [-0.39, 0.29) is 17.7 Å². The zero-order valence-corrected chi connectivity index (χ0v) is 16.9. The molecule has 1 aromatic heterocycles. The number of carbonyl (C=O) groups is 1. The fourth-order valence-electron chi connectivity index (χ4n) is 3.13. The van der Waals surface area contributed by atoms with Crippen LogP contribution in [0.15, 0.2) is 81.3 Å². The largest absolute Gasteiger partial charge is 0.467 e. The van der Waals surface area contributed by atoms with Crippen LogP contribution >= 0.6 is 23.4 Å². The lowest BCUT2D eigenvalue weighted by molar-refractivity contribution is -0.130. The van der Waals surface area contributed by atoms with Gasteiger partial charge in [-0.25, -0.2) is 5.01 Å². The van der Waals surface area contributed by atoms with Crippen molar-refractivity contribution in [3.8, 4) is 0 Å². The summed E-state index contributed by atoms with van der Waals surface area (Å²) in [4.78, 5) is 13.9. The summed E-state index contributed by atoms with van der Waals surface area (Å²) >= 11 is 7.62. The Balaban J connectivity index is 1.56. The summed E-state index contributed by atoms with van der Waals surface area (Å²) in [7, 11) is 0. The number of furan rings is 1. The van der Waals surface area contributed by atoms with Gasteiger partial charge in [0.15, 0.2) is 0 Å². The van der Waals surface area contributed by atoms with Gasteiger partial charge in [-0.2, -0.15) is 5.10 Å². The highest BCUT2D eigenvalue weighted by Crippen LogP contribution is 2.34. The Labute approximate surface area is 173 Å². The van der Waals surface area contributed by atoms with Gasteiger partial charge in [0.2, 0.25) is 0 Å². The summed E-state index contributed by atoms with van der Waals surface area (Å²) in [6.45, 7) is 2.05. The van der Waals surface area contributed by atoms with Crippen molar-refractivity contribution in [3.63, 3.8) is 0 Å². The molecule has 0 saturated heterocycles. The molecule has 1 atom stereocenters. The molecule has 4 rings (SSSR count). The predicted octanol–water partition coefficient (Wildman–Crippen LogP) is 5.71. The highest BCUT2D eigenvalue weighted by molar-refractivity contribution is 8.00. The predicted molar refractivity (Wildman–Crippen MR) is 113 cm³/mol. The minimum Gasteiger partial charge on any atom is -0.467 e. The van der Waals surface area contributed by atoms with Crippen LogP contribution in [0.5, 0.6) is 0 Å². The molecule has 0 spiro atoms. The van der Waals surface area contributed by atoms with Gasteiger partial charge in [0.1, 0.15) is 11.8 Å². The minimum absolute atomic E-state index is 0.0755. The maximum atomic E-state index is 13.0. The number of benzene rings is 2. The highest BCUT2D eigenvalue weighted by atomic mass is 35.5. The second kappa shape index (κ2) is 8.25. The van der Waals surface area contributed by atoms with E-state index in [2.05, 4.69) is 17.2 Å². The van der Waals surface area contributed by atoms with Crippen molar-refractivity contribution in [2.75, 3.05) is 5.75 Å². The molecule has 6 heteroatoms. The molecule has 0 N–H and O–H groups in total. The van der Waals surface area contributed by atoms with E-state index in [1.165, 1.54) is 17.3 Å². The molecule has 1 aliphatic rings. The number of hydrazone groups is 1. The number of carbonyl (C=O) groups excluding carboxylic acids is 1. The first kappa shape index (κ1) is 18.8. The molecule has 1 amide bonds. The lowest BCUT2D eigenvalue weighted by atomic mass is 10.0. The first-order valence-corrected chi connectivity index (χ1v) is 10.4. The second-order valence-corrected chi connectivity index (χ2v) is 8.03. The van der Waals surface area contributed by atoms with Gasteiger partial charge in [-0.1, -0.05) is 53.6 Å². The van der Waals surface area contributed by atoms with E-state index in [1.807, 2.05) is 55.5 Å². The number of hydrogen-bond acceptors (Lipinski definition) is 4. The van der Waals surface area contributed by atoms with Crippen LogP contribution < -0.4 is 0 Å². The quantitative estimate of drug-likeness (QED) is 0.506. The van der Waals surface area contributed by atoms with Gasteiger partial charge in [0.05, 0.1) is 22.8 Å². The third-order valence-corrected chi connectivity index (χ3v) is 6.11. The van der Waals surface area contributed by atoms with Crippen LogP contribution in [0.1, 0.15) is 29.3 Å². The van der Waals surface area contributed by atoms with Crippen molar-refractivity contribution in [2.45, 2.75) is 24.3 Å². The summed E-state index contributed by atoms with van der Waals surface area (Å²) in [6.07, 6.45) is 2.25. The molecule has 1 unspecified atom stereocenters. The third kappa shape index (κ3) is 4.01. The Bertz CT molecular complexity index is 1000. The molecule has 0 aliphatic carbocycles. The lowest BCUT2D eigenvalue weighted by Crippen LogP contribution is -2.28. The number of amides is 1. The smallest absolute Gasteiger partial charge is 0.253 e. The maximum Gasteiger partial charge on any atom is 0.253 e. The second-order valence-electron chi connectivity index (χ2n) is 6.61. The Morgan fingerprint density at radius 2 is 1.96 bits per heavy atom. The number of nitrogens with zero attached hydrogens (tertiary/aromatic N) is 2. The minimum atomic E-state index is -0.231. The third-order valence-electron chi connectivity index (χ3n) is 4.61. The average molecular weight is 411 g/mol. The van der Waals surface area contributed by atoms with Gasteiger partial charge in [0, 0.05) is 11.3 Å². The first-order valence-electron chi connectivity index (χ1n) is 8.99. The Morgan fingerprint density at radius 1 is 1.18 bits per heavy atom. The van der Waals surface area contributed by atoms with Crippen LogP contribution in [0.3, 0.4) is 0 Å². The fraction of sp³-hybridized carbons (Fsp3) is 0.182. The van der Waals surface area contributed by atoms with Crippen molar-refractivity contribution in [1.29, 1.82) is 0 Å². The van der Waals surface area contributed by atoms with Gasteiger partial charge in [0.25, 0.3) is 5.91 Å². The first-order chi connectivity index (χ1) is 13.6. The summed E-state index contributed by atoms with van der Waals surface area (Å²) < 4.78 is 5.59. The van der Waals surface area contributed by atoms with Crippen molar-refractivity contribution in [1.82, 2.24) is 5.01 Å². The van der Waals surface area contributed by atoms with E-state index in [0.717, 1.165) is 21.9 Å². The molecular formula is C22H19ClN2O2S. The normalized spacial score (nSPS) is 16.3. The van der Waals surface area contributed by atoms with E-state index >= 15 is 0 Å². The van der Waals surface area contributed by atoms with Gasteiger partial charge in [-0.3, -0.25) is 4.79 Å². The van der Waals surface area contributed by atoms with Gasteiger partial charge in [-0.05, 0) is 36.8 Å². The van der Waals surface area contributed by atoms with Crippen LogP contribution in [0, 0.1) is 6.92 Å². The van der Waals surface area contributed by atoms with Gasteiger partial charge in [-0.15, -0.1) is 11.8 Å². The zero-order valence-electron chi connectivity index (χ0n) is 15.3. The number of halogens is 1. The number of thioether (sulfide) groups is 1. The number of aryl methyl sites for hydroxylation is 1. The SMILES string of the molecule is Cc1ccc(C2=NN(C(=O)CSc3ccccc3Cl)C(c3ccco3)C2)cc1. The molecule has 28 heavy (non-hydrogen) atoms. The fourth-order valence-corrected chi connectivity index (χ4v) is 4.22. The van der Waals surface area contributed by atoms with Gasteiger partial charge < -0.3 is 4.42 Å². The number of hydrogen-bond donors (Lipinski definition) is 0. The number of rotatable bonds is 5. The summed E-state index contributed by atoms with van der Waals surface area (Å²) in [5, 5.41) is 6.85. The zero-order chi connectivity index (χ0) is 19.5. The average Bonchev–Trinajstić information content (AvgIpc) is 3.37. The standard InChI is InChI=1S/C22H19ClN2O2S/c1-15-8-10-16(11-9-15)18-13-19(20-6-4-12-27-20)25(24-18)22(26)14-28-21-7-3-2-5-17(21)23/h2-12,19H,13-14H2,1H3. The molecular weight excluding hydrogens is 392 g/mol. The van der Waals surface area contributed by atoms with E-state index in [0.29, 0.717) is 11.4 Å². The summed E-state index contributed by atoms with van der Waals surface area (Å²) in [5.74, 6) is 0.918. The molecule has 3 aromatic rings. The van der Waals surface area contributed by atoms with Crippen molar-refractivity contribution in [2.24, 2.45) is 5.10 Å². The molecule has 0 radical (unpaired) electrons. The molecule has 142 valence electrons. The van der Waals surface area contributed by atoms with E-state index < -0.39 is 0 Å². The molecule has 1 aliphatic heterocycles. The van der Waals surface area contributed by atoms with E-state index in [9.17, 15) is 4.79 Å². The van der Waals surface area contributed by atoms with E-state index in [4.69, 9.17) is 16.0 Å². The summed E-state index contributed by atoms with van der Waals surface area (Å²) in [5.41, 5.74) is 3.10. The molecule has 0 bridgehead atoms. The molecule has 0 saturated carbocycles. The van der Waals surface area contributed by atoms with Crippen molar-refractivity contribution < 1.29 is 9.21 Å². The van der Waals surface area contributed by atoms with Crippen molar-refractivity contribution >= 4 is 35.0 Å². The van der Waals surface area contributed by atoms with Crippen molar-refractivity contribution in [3.05, 3.63) is 88.8 Å². The Kier molecular flexibility index (Phi) is 5.55. The maximum absolute atomic E-state index is 13.0. The van der Waals surface area contributed by atoms with Crippen LogP contribution in [-0.2, 0) is 4.79 Å². The molecule has 2 aromatic carbocycles. The monoisotopic (exact) mass is 410 g/mol. The van der Waals surface area contributed by atoms with Gasteiger partial charge >= 0.3 is 0 Å².